The van der Waals surface area contributed by atoms with Gasteiger partial charge in [-0.25, -0.2) is 9.79 Å². The number of nitrogens with zero attached hydrogens (tertiary/aromatic N) is 1. The zero-order valence-corrected chi connectivity index (χ0v) is 18.1. The van der Waals surface area contributed by atoms with Crippen molar-refractivity contribution in [1.29, 1.82) is 0 Å². The van der Waals surface area contributed by atoms with E-state index in [4.69, 9.17) is 16.2 Å². The molecule has 1 atom stereocenters. The van der Waals surface area contributed by atoms with Gasteiger partial charge in [-0.3, -0.25) is 4.79 Å². The Morgan fingerprint density at radius 1 is 1.10 bits per heavy atom. The lowest BCUT2D eigenvalue weighted by molar-refractivity contribution is -0.142. The van der Waals surface area contributed by atoms with Crippen molar-refractivity contribution in [2.24, 2.45) is 21.9 Å². The number of aliphatic carboxylic acids is 1. The number of guanidine groups is 1. The predicted octanol–water partition coefficient (Wildman–Crippen LogP) is 2.72. The molecule has 0 saturated carbocycles. The van der Waals surface area contributed by atoms with E-state index in [1.807, 2.05) is 39.0 Å². The molecule has 0 aliphatic rings. The van der Waals surface area contributed by atoms with Crippen LogP contribution < -0.4 is 21.5 Å². The second kappa shape index (κ2) is 10.5. The number of amides is 1. The molecule has 0 fully saturated rings. The number of aliphatic imine (C=N–C) groups is 1. The largest absolute Gasteiger partial charge is 0.489 e. The fraction of sp³-hybridized carbons (Fsp3) is 0.348. The molecule has 2 aromatic carbocycles. The van der Waals surface area contributed by atoms with Crippen molar-refractivity contribution in [2.45, 2.75) is 46.3 Å². The Balaban J connectivity index is 1.95. The van der Waals surface area contributed by atoms with E-state index in [1.165, 1.54) is 0 Å². The average molecular weight is 427 g/mol. The van der Waals surface area contributed by atoms with Gasteiger partial charge in [0.25, 0.3) is 0 Å². The van der Waals surface area contributed by atoms with E-state index < -0.39 is 12.0 Å². The van der Waals surface area contributed by atoms with Crippen LogP contribution in [0.25, 0.3) is 0 Å². The molecule has 1 unspecified atom stereocenters. The smallest absolute Gasteiger partial charge is 0.326 e. The second-order valence-corrected chi connectivity index (χ2v) is 8.54. The lowest BCUT2D eigenvalue weighted by Gasteiger charge is -2.20. The third-order valence-electron chi connectivity index (χ3n) is 4.26. The number of nitrogens with one attached hydrogen (secondary N) is 1. The fourth-order valence-electron chi connectivity index (χ4n) is 2.92. The van der Waals surface area contributed by atoms with Gasteiger partial charge in [0.1, 0.15) is 18.4 Å². The van der Waals surface area contributed by atoms with Crippen LogP contribution in [0.15, 0.2) is 53.5 Å². The second-order valence-electron chi connectivity index (χ2n) is 8.54. The average Bonchev–Trinajstić information content (AvgIpc) is 2.65. The molecule has 0 aliphatic carbocycles. The van der Waals surface area contributed by atoms with Gasteiger partial charge in [-0.1, -0.05) is 45.0 Å². The van der Waals surface area contributed by atoms with Crippen molar-refractivity contribution < 1.29 is 19.4 Å². The number of hydrogen-bond donors (Lipinski definition) is 4. The molecule has 8 nitrogen and oxygen atoms in total. The first-order chi connectivity index (χ1) is 14.5. The summed E-state index contributed by atoms with van der Waals surface area (Å²) in [5, 5.41) is 12.1. The Morgan fingerprint density at radius 2 is 1.77 bits per heavy atom. The van der Waals surface area contributed by atoms with Crippen molar-refractivity contribution in [3.8, 4) is 5.75 Å². The quantitative estimate of drug-likeness (QED) is 0.359. The number of carboxylic acids is 1. The van der Waals surface area contributed by atoms with Crippen molar-refractivity contribution >= 4 is 23.5 Å². The number of carbonyl (C=O) groups is 2. The number of carboxylic acid groups (broad SMARTS) is 1. The SMILES string of the molecule is CC(C)(C)CC(=O)NC(Cc1ccc(OCc2cccc(N=C(N)N)c2)cc1)C(=O)O. The molecule has 8 heteroatoms. The molecule has 2 rings (SSSR count). The zero-order valence-electron chi connectivity index (χ0n) is 18.1. The minimum atomic E-state index is -1.07. The van der Waals surface area contributed by atoms with Crippen LogP contribution in [-0.2, 0) is 22.6 Å². The first-order valence-electron chi connectivity index (χ1n) is 9.94. The Kier molecular flexibility index (Phi) is 8.01. The number of hydrogen-bond acceptors (Lipinski definition) is 4. The van der Waals surface area contributed by atoms with Gasteiger partial charge in [0.15, 0.2) is 5.96 Å². The van der Waals surface area contributed by atoms with Gasteiger partial charge in [0.2, 0.25) is 5.91 Å². The number of nitrogens with two attached hydrogens (primary N) is 2. The van der Waals surface area contributed by atoms with Gasteiger partial charge in [0.05, 0.1) is 5.69 Å². The van der Waals surface area contributed by atoms with Crippen LogP contribution in [0.1, 0.15) is 38.3 Å². The summed E-state index contributed by atoms with van der Waals surface area (Å²) in [5.74, 6) is -0.714. The van der Waals surface area contributed by atoms with Gasteiger partial charge < -0.3 is 26.6 Å². The summed E-state index contributed by atoms with van der Waals surface area (Å²) < 4.78 is 5.78. The van der Waals surface area contributed by atoms with Crippen LogP contribution in [0.3, 0.4) is 0 Å². The van der Waals surface area contributed by atoms with Gasteiger partial charge in [-0.05, 0) is 40.8 Å². The molecule has 6 N–H and O–H groups in total. The third-order valence-corrected chi connectivity index (χ3v) is 4.26. The first-order valence-corrected chi connectivity index (χ1v) is 9.94. The molecule has 0 bridgehead atoms. The lowest BCUT2D eigenvalue weighted by Crippen LogP contribution is -2.43. The molecule has 2 aromatic rings. The highest BCUT2D eigenvalue weighted by Crippen LogP contribution is 2.20. The normalized spacial score (nSPS) is 12.0. The van der Waals surface area contributed by atoms with E-state index in [-0.39, 0.29) is 30.1 Å². The summed E-state index contributed by atoms with van der Waals surface area (Å²) in [6.45, 7) is 6.11. The molecular formula is C23H30N4O4. The van der Waals surface area contributed by atoms with E-state index in [2.05, 4.69) is 10.3 Å². The Labute approximate surface area is 182 Å². The summed E-state index contributed by atoms with van der Waals surface area (Å²) in [5.41, 5.74) is 12.9. The van der Waals surface area contributed by atoms with Crippen LogP contribution in [0.2, 0.25) is 0 Å². The molecule has 0 radical (unpaired) electrons. The molecule has 166 valence electrons. The molecular weight excluding hydrogens is 396 g/mol. The minimum Gasteiger partial charge on any atom is -0.489 e. The highest BCUT2D eigenvalue weighted by molar-refractivity contribution is 5.84. The van der Waals surface area contributed by atoms with E-state index in [1.54, 1.807) is 30.3 Å². The summed E-state index contributed by atoms with van der Waals surface area (Å²) in [7, 11) is 0. The Bertz CT molecular complexity index is 929. The maximum absolute atomic E-state index is 12.1. The maximum Gasteiger partial charge on any atom is 0.326 e. The van der Waals surface area contributed by atoms with Crippen molar-refractivity contribution in [1.82, 2.24) is 5.32 Å². The van der Waals surface area contributed by atoms with Crippen LogP contribution >= 0.6 is 0 Å². The van der Waals surface area contributed by atoms with Crippen LogP contribution in [0.4, 0.5) is 5.69 Å². The molecule has 0 spiro atoms. The molecule has 0 aliphatic heterocycles. The number of benzene rings is 2. The highest BCUT2D eigenvalue weighted by atomic mass is 16.5. The van der Waals surface area contributed by atoms with E-state index in [0.717, 1.165) is 11.1 Å². The molecule has 1 amide bonds. The predicted molar refractivity (Wildman–Crippen MR) is 120 cm³/mol. The summed E-state index contributed by atoms with van der Waals surface area (Å²) in [6.07, 6.45) is 0.444. The van der Waals surface area contributed by atoms with Gasteiger partial charge >= 0.3 is 5.97 Å². The summed E-state index contributed by atoms with van der Waals surface area (Å²) >= 11 is 0. The topological polar surface area (TPSA) is 140 Å². The lowest BCUT2D eigenvalue weighted by atomic mass is 9.91. The highest BCUT2D eigenvalue weighted by Gasteiger charge is 2.23. The van der Waals surface area contributed by atoms with Gasteiger partial charge in [-0.15, -0.1) is 0 Å². The van der Waals surface area contributed by atoms with Crippen molar-refractivity contribution in [3.63, 3.8) is 0 Å². The van der Waals surface area contributed by atoms with Crippen molar-refractivity contribution in [3.05, 3.63) is 59.7 Å². The fourth-order valence-corrected chi connectivity index (χ4v) is 2.92. The van der Waals surface area contributed by atoms with E-state index in [0.29, 0.717) is 18.0 Å². The van der Waals surface area contributed by atoms with E-state index >= 15 is 0 Å². The van der Waals surface area contributed by atoms with Crippen molar-refractivity contribution in [2.75, 3.05) is 0 Å². The maximum atomic E-state index is 12.1. The summed E-state index contributed by atoms with van der Waals surface area (Å²) in [4.78, 5) is 27.7. The minimum absolute atomic E-state index is 0.0112. The molecule has 0 heterocycles. The van der Waals surface area contributed by atoms with Gasteiger partial charge in [0, 0.05) is 12.8 Å². The number of rotatable bonds is 9. The molecule has 0 aromatic heterocycles. The standard InChI is InChI=1S/C23H30N4O4/c1-23(2,3)13-20(28)27-19(21(29)30)12-15-7-9-18(10-8-15)31-14-16-5-4-6-17(11-16)26-22(24)25/h4-11,19H,12-14H2,1-3H3,(H,27,28)(H,29,30)(H4,24,25,26). The monoisotopic (exact) mass is 426 g/mol. The Morgan fingerprint density at radius 3 is 2.35 bits per heavy atom. The molecule has 0 saturated heterocycles. The van der Waals surface area contributed by atoms with E-state index in [9.17, 15) is 14.7 Å². The number of carbonyl (C=O) groups excluding carboxylic acids is 1. The summed E-state index contributed by atoms with van der Waals surface area (Å²) in [6, 6.07) is 13.5. The van der Waals surface area contributed by atoms with Crippen LogP contribution in [0, 0.1) is 5.41 Å². The van der Waals surface area contributed by atoms with Crippen LogP contribution in [-0.4, -0.2) is 29.0 Å². The number of ether oxygens (including phenoxy) is 1. The van der Waals surface area contributed by atoms with Crippen LogP contribution in [0.5, 0.6) is 5.75 Å². The zero-order chi connectivity index (χ0) is 23.0. The first kappa shape index (κ1) is 23.7. The van der Waals surface area contributed by atoms with Gasteiger partial charge in [-0.2, -0.15) is 0 Å². The third kappa shape index (κ3) is 8.77. The Hall–Kier alpha value is -3.55. The molecule has 31 heavy (non-hydrogen) atoms.